The SMILES string of the molecule is CNC(Cc1ccccc1Cl)c1ccc(Cl)c(Br)c1. The summed E-state index contributed by atoms with van der Waals surface area (Å²) in [6.45, 7) is 0. The smallest absolute Gasteiger partial charge is 0.0548 e. The molecule has 1 atom stereocenters. The summed E-state index contributed by atoms with van der Waals surface area (Å²) in [7, 11) is 1.95. The number of rotatable bonds is 4. The highest BCUT2D eigenvalue weighted by Crippen LogP contribution is 2.28. The quantitative estimate of drug-likeness (QED) is 0.786. The first-order valence-electron chi connectivity index (χ1n) is 5.97. The van der Waals surface area contributed by atoms with Gasteiger partial charge in [-0.1, -0.05) is 47.5 Å². The molecule has 2 rings (SSSR count). The maximum absolute atomic E-state index is 6.21. The minimum absolute atomic E-state index is 0.202. The molecule has 0 aliphatic carbocycles. The normalized spacial score (nSPS) is 12.4. The van der Waals surface area contributed by atoms with Crippen LogP contribution < -0.4 is 5.32 Å². The Bertz CT molecular complexity index is 572. The summed E-state index contributed by atoms with van der Waals surface area (Å²) >= 11 is 15.7. The van der Waals surface area contributed by atoms with Gasteiger partial charge in [-0.2, -0.15) is 0 Å². The fraction of sp³-hybridized carbons (Fsp3) is 0.200. The van der Waals surface area contributed by atoms with Gasteiger partial charge in [0.1, 0.15) is 0 Å². The van der Waals surface area contributed by atoms with E-state index < -0.39 is 0 Å². The van der Waals surface area contributed by atoms with Crippen molar-refractivity contribution in [3.63, 3.8) is 0 Å². The molecule has 0 aliphatic heterocycles. The zero-order chi connectivity index (χ0) is 13.8. The lowest BCUT2D eigenvalue weighted by Crippen LogP contribution is -2.19. The second-order valence-corrected chi connectivity index (χ2v) is 5.98. The number of hydrogen-bond donors (Lipinski definition) is 1. The molecule has 19 heavy (non-hydrogen) atoms. The number of benzene rings is 2. The largest absolute Gasteiger partial charge is 0.313 e. The number of nitrogens with one attached hydrogen (secondary N) is 1. The number of hydrogen-bond acceptors (Lipinski definition) is 1. The Morgan fingerprint density at radius 2 is 1.84 bits per heavy atom. The molecule has 1 nitrogen and oxygen atoms in total. The van der Waals surface area contributed by atoms with E-state index in [0.717, 1.165) is 26.5 Å². The second-order valence-electron chi connectivity index (χ2n) is 4.31. The first-order chi connectivity index (χ1) is 9.11. The van der Waals surface area contributed by atoms with E-state index in [4.69, 9.17) is 23.2 Å². The van der Waals surface area contributed by atoms with E-state index in [1.807, 2.05) is 43.4 Å². The van der Waals surface area contributed by atoms with Crippen LogP contribution >= 0.6 is 39.1 Å². The molecule has 0 aliphatic rings. The lowest BCUT2D eigenvalue weighted by Gasteiger charge is -2.18. The van der Waals surface area contributed by atoms with Gasteiger partial charge in [-0.15, -0.1) is 0 Å². The predicted octanol–water partition coefficient (Wildman–Crippen LogP) is 5.26. The lowest BCUT2D eigenvalue weighted by atomic mass is 9.99. The van der Waals surface area contributed by atoms with Crippen LogP contribution in [0.1, 0.15) is 17.2 Å². The van der Waals surface area contributed by atoms with E-state index in [2.05, 4.69) is 27.3 Å². The van der Waals surface area contributed by atoms with Crippen molar-refractivity contribution in [1.29, 1.82) is 0 Å². The van der Waals surface area contributed by atoms with Gasteiger partial charge in [-0.25, -0.2) is 0 Å². The van der Waals surface area contributed by atoms with Crippen LogP contribution in [0, 0.1) is 0 Å². The molecular formula is C15H14BrCl2N. The molecular weight excluding hydrogens is 345 g/mol. The third-order valence-corrected chi connectivity index (χ3v) is 4.66. The minimum Gasteiger partial charge on any atom is -0.313 e. The van der Waals surface area contributed by atoms with E-state index in [1.54, 1.807) is 0 Å². The molecule has 0 saturated heterocycles. The molecule has 0 saturated carbocycles. The Hall–Kier alpha value is -0.540. The summed E-state index contributed by atoms with van der Waals surface area (Å²) in [5.74, 6) is 0. The monoisotopic (exact) mass is 357 g/mol. The topological polar surface area (TPSA) is 12.0 Å². The van der Waals surface area contributed by atoms with Gasteiger partial charge in [0, 0.05) is 15.5 Å². The molecule has 1 N–H and O–H groups in total. The highest BCUT2D eigenvalue weighted by Gasteiger charge is 2.13. The summed E-state index contributed by atoms with van der Waals surface area (Å²) in [5, 5.41) is 4.84. The van der Waals surface area contributed by atoms with Crippen LogP contribution in [0.3, 0.4) is 0 Å². The Labute approximate surface area is 132 Å². The van der Waals surface area contributed by atoms with Gasteiger partial charge >= 0.3 is 0 Å². The third-order valence-electron chi connectivity index (χ3n) is 3.08. The van der Waals surface area contributed by atoms with E-state index in [0.29, 0.717) is 0 Å². The summed E-state index contributed by atoms with van der Waals surface area (Å²) < 4.78 is 0.908. The molecule has 2 aromatic carbocycles. The van der Waals surface area contributed by atoms with Crippen LogP contribution in [0.4, 0.5) is 0 Å². The summed E-state index contributed by atoms with van der Waals surface area (Å²) in [6.07, 6.45) is 0.838. The molecule has 0 aromatic heterocycles. The van der Waals surface area contributed by atoms with Crippen molar-refractivity contribution in [2.75, 3.05) is 7.05 Å². The molecule has 0 heterocycles. The van der Waals surface area contributed by atoms with Gasteiger partial charge < -0.3 is 5.32 Å². The zero-order valence-electron chi connectivity index (χ0n) is 10.5. The Kier molecular flexibility index (Phi) is 5.28. The number of likely N-dealkylation sites (N-methyl/N-ethyl adjacent to an activating group) is 1. The van der Waals surface area contributed by atoms with Crippen molar-refractivity contribution in [2.45, 2.75) is 12.5 Å². The molecule has 0 amide bonds. The van der Waals surface area contributed by atoms with Crippen molar-refractivity contribution >= 4 is 39.1 Å². The molecule has 0 spiro atoms. The predicted molar refractivity (Wildman–Crippen MR) is 86.1 cm³/mol. The summed E-state index contributed by atoms with van der Waals surface area (Å²) in [5.41, 5.74) is 2.31. The van der Waals surface area contributed by atoms with Crippen molar-refractivity contribution in [1.82, 2.24) is 5.32 Å². The fourth-order valence-electron chi connectivity index (χ4n) is 2.00. The van der Waals surface area contributed by atoms with E-state index in [-0.39, 0.29) is 6.04 Å². The van der Waals surface area contributed by atoms with Crippen molar-refractivity contribution < 1.29 is 0 Å². The van der Waals surface area contributed by atoms with Crippen molar-refractivity contribution in [3.8, 4) is 0 Å². The first kappa shape index (κ1) is 14.9. The van der Waals surface area contributed by atoms with E-state index in [9.17, 15) is 0 Å². The highest BCUT2D eigenvalue weighted by molar-refractivity contribution is 9.10. The Morgan fingerprint density at radius 3 is 2.47 bits per heavy atom. The number of halogens is 3. The average molecular weight is 359 g/mol. The summed E-state index contributed by atoms with van der Waals surface area (Å²) in [4.78, 5) is 0. The second kappa shape index (κ2) is 6.76. The van der Waals surface area contributed by atoms with Crippen LogP contribution in [0.2, 0.25) is 10.0 Å². The van der Waals surface area contributed by atoms with Gasteiger partial charge in [0.25, 0.3) is 0 Å². The van der Waals surface area contributed by atoms with Gasteiger partial charge in [-0.3, -0.25) is 0 Å². The van der Waals surface area contributed by atoms with Crippen LogP contribution in [-0.4, -0.2) is 7.05 Å². The van der Waals surface area contributed by atoms with E-state index >= 15 is 0 Å². The lowest BCUT2D eigenvalue weighted by molar-refractivity contribution is 0.592. The fourth-order valence-corrected chi connectivity index (χ4v) is 2.73. The molecule has 0 radical (unpaired) electrons. The van der Waals surface area contributed by atoms with Gasteiger partial charge in [0.2, 0.25) is 0 Å². The third kappa shape index (κ3) is 3.73. The molecule has 4 heteroatoms. The summed E-state index contributed by atoms with van der Waals surface area (Å²) in [6, 6.07) is 14.1. The maximum atomic E-state index is 6.21. The Balaban J connectivity index is 2.25. The minimum atomic E-state index is 0.202. The molecule has 100 valence electrons. The van der Waals surface area contributed by atoms with Gasteiger partial charge in [0.05, 0.1) is 5.02 Å². The molecule has 2 aromatic rings. The van der Waals surface area contributed by atoms with Crippen LogP contribution in [0.25, 0.3) is 0 Å². The van der Waals surface area contributed by atoms with Crippen LogP contribution in [-0.2, 0) is 6.42 Å². The highest BCUT2D eigenvalue weighted by atomic mass is 79.9. The van der Waals surface area contributed by atoms with Crippen LogP contribution in [0.15, 0.2) is 46.9 Å². The maximum Gasteiger partial charge on any atom is 0.0548 e. The molecule has 0 bridgehead atoms. The Morgan fingerprint density at radius 1 is 1.11 bits per heavy atom. The van der Waals surface area contributed by atoms with Gasteiger partial charge in [-0.05, 0) is 58.7 Å². The zero-order valence-corrected chi connectivity index (χ0v) is 13.6. The van der Waals surface area contributed by atoms with Crippen molar-refractivity contribution in [3.05, 3.63) is 68.1 Å². The molecule has 1 unspecified atom stereocenters. The van der Waals surface area contributed by atoms with Crippen LogP contribution in [0.5, 0.6) is 0 Å². The van der Waals surface area contributed by atoms with E-state index in [1.165, 1.54) is 5.56 Å². The average Bonchev–Trinajstić information content (AvgIpc) is 2.41. The molecule has 0 fully saturated rings. The first-order valence-corrected chi connectivity index (χ1v) is 7.52. The van der Waals surface area contributed by atoms with Crippen molar-refractivity contribution in [2.24, 2.45) is 0 Å². The standard InChI is InChI=1S/C15H14BrCl2N/c1-19-15(9-10-4-2-3-5-13(10)17)11-6-7-14(18)12(16)8-11/h2-8,15,19H,9H2,1H3. The van der Waals surface area contributed by atoms with Gasteiger partial charge in [0.15, 0.2) is 0 Å².